The molecule has 0 aliphatic rings. The number of para-hydroxylation sites is 2. The van der Waals surface area contributed by atoms with Crippen LogP contribution >= 0.6 is 11.6 Å². The highest BCUT2D eigenvalue weighted by atomic mass is 35.5. The Morgan fingerprint density at radius 2 is 1.68 bits per heavy atom. The molecule has 0 N–H and O–H groups in total. The van der Waals surface area contributed by atoms with E-state index in [0.717, 1.165) is 36.1 Å². The summed E-state index contributed by atoms with van der Waals surface area (Å²) in [5.41, 5.74) is 3.43. The Kier molecular flexibility index (Phi) is 4.34. The first-order chi connectivity index (χ1) is 10.7. The minimum Gasteiger partial charge on any atom is -0.343 e. The van der Waals surface area contributed by atoms with Crippen LogP contribution in [-0.4, -0.2) is 22.6 Å². The number of rotatable bonds is 5. The third kappa shape index (κ3) is 2.81. The fourth-order valence-corrected chi connectivity index (χ4v) is 2.86. The number of benzene rings is 2. The second-order valence-electron chi connectivity index (χ2n) is 5.29. The zero-order chi connectivity index (χ0) is 15.5. The molecule has 22 heavy (non-hydrogen) atoms. The first-order valence-electron chi connectivity index (χ1n) is 7.67. The third-order valence-corrected chi connectivity index (χ3v) is 4.19. The lowest BCUT2D eigenvalue weighted by atomic mass is 10.2. The van der Waals surface area contributed by atoms with Gasteiger partial charge in [-0.05, 0) is 43.7 Å². The monoisotopic (exact) mass is 313 g/mol. The number of anilines is 1. The van der Waals surface area contributed by atoms with Gasteiger partial charge in [-0.15, -0.1) is 0 Å². The quantitative estimate of drug-likeness (QED) is 0.687. The zero-order valence-electron chi connectivity index (χ0n) is 13.0. The number of aromatic nitrogens is 2. The molecule has 4 heteroatoms. The normalized spacial score (nSPS) is 11.0. The second-order valence-corrected chi connectivity index (χ2v) is 5.72. The van der Waals surface area contributed by atoms with Gasteiger partial charge in [0.05, 0.1) is 17.6 Å². The molecule has 3 nitrogen and oxygen atoms in total. The largest absolute Gasteiger partial charge is 0.343 e. The van der Waals surface area contributed by atoms with Crippen molar-refractivity contribution < 1.29 is 0 Å². The van der Waals surface area contributed by atoms with E-state index in [1.54, 1.807) is 0 Å². The molecular weight excluding hydrogens is 294 g/mol. The van der Waals surface area contributed by atoms with Gasteiger partial charge in [0.2, 0.25) is 5.95 Å². The minimum absolute atomic E-state index is 0.767. The maximum absolute atomic E-state index is 5.99. The number of hydrogen-bond donors (Lipinski definition) is 0. The van der Waals surface area contributed by atoms with E-state index in [9.17, 15) is 0 Å². The van der Waals surface area contributed by atoms with Crippen molar-refractivity contribution in [3.63, 3.8) is 0 Å². The number of nitrogens with zero attached hydrogens (tertiary/aromatic N) is 3. The molecule has 0 saturated heterocycles. The average Bonchev–Trinajstić information content (AvgIpc) is 2.90. The Balaban J connectivity index is 2.08. The van der Waals surface area contributed by atoms with Gasteiger partial charge in [-0.2, -0.15) is 0 Å². The van der Waals surface area contributed by atoms with Gasteiger partial charge in [-0.1, -0.05) is 35.9 Å². The molecule has 2 aromatic carbocycles. The lowest BCUT2D eigenvalue weighted by molar-refractivity contribution is 0.746. The van der Waals surface area contributed by atoms with Gasteiger partial charge in [0, 0.05) is 18.1 Å². The van der Waals surface area contributed by atoms with Crippen molar-refractivity contribution in [1.82, 2.24) is 9.55 Å². The van der Waals surface area contributed by atoms with Crippen LogP contribution in [0, 0.1) is 0 Å². The number of imidazole rings is 1. The molecule has 1 heterocycles. The molecule has 0 unspecified atom stereocenters. The van der Waals surface area contributed by atoms with E-state index in [2.05, 4.69) is 53.6 Å². The lowest BCUT2D eigenvalue weighted by Crippen LogP contribution is -2.25. The van der Waals surface area contributed by atoms with Gasteiger partial charge in [0.15, 0.2) is 0 Å². The van der Waals surface area contributed by atoms with Crippen LogP contribution in [0.2, 0.25) is 5.02 Å². The van der Waals surface area contributed by atoms with Gasteiger partial charge in [-0.25, -0.2) is 4.98 Å². The predicted molar refractivity (Wildman–Crippen MR) is 93.8 cm³/mol. The summed E-state index contributed by atoms with van der Waals surface area (Å²) in [7, 11) is 0. The topological polar surface area (TPSA) is 21.1 Å². The van der Waals surface area contributed by atoms with E-state index in [1.165, 1.54) is 11.1 Å². The summed E-state index contributed by atoms with van der Waals surface area (Å²) in [6.45, 7) is 7.01. The van der Waals surface area contributed by atoms with E-state index < -0.39 is 0 Å². The molecule has 3 rings (SSSR count). The Hall–Kier alpha value is -2.00. The lowest BCUT2D eigenvalue weighted by Gasteiger charge is -2.21. The van der Waals surface area contributed by atoms with Crippen molar-refractivity contribution in [2.24, 2.45) is 0 Å². The molecule has 0 fully saturated rings. The Bertz CT molecular complexity index is 758. The summed E-state index contributed by atoms with van der Waals surface area (Å²) < 4.78 is 2.28. The van der Waals surface area contributed by atoms with E-state index >= 15 is 0 Å². The molecule has 0 saturated carbocycles. The average molecular weight is 314 g/mol. The Morgan fingerprint density at radius 1 is 1.00 bits per heavy atom. The van der Waals surface area contributed by atoms with Crippen LogP contribution < -0.4 is 4.90 Å². The van der Waals surface area contributed by atoms with E-state index in [4.69, 9.17) is 16.6 Å². The van der Waals surface area contributed by atoms with Gasteiger partial charge in [-0.3, -0.25) is 0 Å². The van der Waals surface area contributed by atoms with Crippen LogP contribution in [0.1, 0.15) is 19.4 Å². The van der Waals surface area contributed by atoms with Crippen molar-refractivity contribution in [3.8, 4) is 0 Å². The standard InChI is InChI=1S/C18H20ClN3/c1-3-21(4-2)18-20-16-7-5-6-8-17(16)22(18)13-14-9-11-15(19)12-10-14/h5-12H,3-4,13H2,1-2H3. The molecule has 0 bridgehead atoms. The van der Waals surface area contributed by atoms with Crippen molar-refractivity contribution in [3.05, 3.63) is 59.1 Å². The smallest absolute Gasteiger partial charge is 0.206 e. The third-order valence-electron chi connectivity index (χ3n) is 3.93. The Labute approximate surface area is 136 Å². The first-order valence-corrected chi connectivity index (χ1v) is 8.05. The van der Waals surface area contributed by atoms with Crippen LogP contribution in [0.25, 0.3) is 11.0 Å². The van der Waals surface area contributed by atoms with E-state index in [1.807, 2.05) is 18.2 Å². The highest BCUT2D eigenvalue weighted by molar-refractivity contribution is 6.30. The van der Waals surface area contributed by atoms with Crippen LogP contribution in [-0.2, 0) is 6.54 Å². The fourth-order valence-electron chi connectivity index (χ4n) is 2.74. The van der Waals surface area contributed by atoms with Crippen molar-refractivity contribution >= 4 is 28.6 Å². The highest BCUT2D eigenvalue weighted by Gasteiger charge is 2.15. The molecule has 0 spiro atoms. The van der Waals surface area contributed by atoms with E-state index in [0.29, 0.717) is 0 Å². The molecule has 0 amide bonds. The number of hydrogen-bond acceptors (Lipinski definition) is 2. The summed E-state index contributed by atoms with van der Waals surface area (Å²) in [4.78, 5) is 7.12. The summed E-state index contributed by atoms with van der Waals surface area (Å²) in [5, 5.41) is 0.767. The SMILES string of the molecule is CCN(CC)c1nc2ccccc2n1Cc1ccc(Cl)cc1. The fraction of sp³-hybridized carbons (Fsp3) is 0.278. The van der Waals surface area contributed by atoms with Crippen LogP contribution in [0.3, 0.4) is 0 Å². The van der Waals surface area contributed by atoms with Crippen molar-refractivity contribution in [2.75, 3.05) is 18.0 Å². The van der Waals surface area contributed by atoms with Crippen molar-refractivity contribution in [1.29, 1.82) is 0 Å². The summed E-state index contributed by atoms with van der Waals surface area (Å²) >= 11 is 5.99. The maximum Gasteiger partial charge on any atom is 0.206 e. The van der Waals surface area contributed by atoms with Crippen molar-refractivity contribution in [2.45, 2.75) is 20.4 Å². The highest BCUT2D eigenvalue weighted by Crippen LogP contribution is 2.24. The maximum atomic E-state index is 5.99. The minimum atomic E-state index is 0.767. The zero-order valence-corrected chi connectivity index (χ0v) is 13.7. The molecule has 0 aliphatic heterocycles. The van der Waals surface area contributed by atoms with Gasteiger partial charge in [0.1, 0.15) is 0 Å². The molecular formula is C18H20ClN3. The molecule has 1 aromatic heterocycles. The second kappa shape index (κ2) is 6.41. The molecule has 0 radical (unpaired) electrons. The Morgan fingerprint density at radius 3 is 2.36 bits per heavy atom. The van der Waals surface area contributed by atoms with Gasteiger partial charge in [0.25, 0.3) is 0 Å². The van der Waals surface area contributed by atoms with Gasteiger partial charge >= 0.3 is 0 Å². The van der Waals surface area contributed by atoms with E-state index in [-0.39, 0.29) is 0 Å². The van der Waals surface area contributed by atoms with Crippen LogP contribution in [0.4, 0.5) is 5.95 Å². The summed E-state index contributed by atoms with van der Waals surface area (Å²) in [6, 6.07) is 16.3. The van der Waals surface area contributed by atoms with Gasteiger partial charge < -0.3 is 9.47 Å². The summed E-state index contributed by atoms with van der Waals surface area (Å²) in [6.07, 6.45) is 0. The molecule has 114 valence electrons. The molecule has 0 aliphatic carbocycles. The van der Waals surface area contributed by atoms with Crippen LogP contribution in [0.15, 0.2) is 48.5 Å². The number of halogens is 1. The number of fused-ring (bicyclic) bond motifs is 1. The summed E-state index contributed by atoms with van der Waals surface area (Å²) in [5.74, 6) is 1.03. The molecule has 0 atom stereocenters. The predicted octanol–water partition coefficient (Wildman–Crippen LogP) is 4.58. The van der Waals surface area contributed by atoms with Crippen LogP contribution in [0.5, 0.6) is 0 Å². The molecule has 3 aromatic rings. The first kappa shape index (κ1) is 14.9.